The number of carbonyl (C=O) groups is 1. The van der Waals surface area contributed by atoms with Crippen LogP contribution in [0.2, 0.25) is 0 Å². The Labute approximate surface area is 127 Å². The Balaban J connectivity index is 3.12. The van der Waals surface area contributed by atoms with E-state index in [1.54, 1.807) is 0 Å². The average Bonchev–Trinajstić information content (AvgIpc) is 2.47. The van der Waals surface area contributed by atoms with Gasteiger partial charge < -0.3 is 4.79 Å². The van der Waals surface area contributed by atoms with Gasteiger partial charge in [0.05, 0.1) is 0 Å². The minimum absolute atomic E-state index is 0.218. The van der Waals surface area contributed by atoms with E-state index in [1.165, 1.54) is 77.0 Å². The predicted octanol–water partition coefficient (Wildman–Crippen LogP) is 6.47. The Morgan fingerprint density at radius 1 is 0.800 bits per heavy atom. The third-order valence-corrected chi connectivity index (χ3v) is 4.09. The van der Waals surface area contributed by atoms with Gasteiger partial charge in [0.15, 0.2) is 0 Å². The van der Waals surface area contributed by atoms with Crippen LogP contribution in [0.4, 0.5) is 0 Å². The van der Waals surface area contributed by atoms with Crippen molar-refractivity contribution >= 4 is 6.29 Å². The van der Waals surface area contributed by atoms with Gasteiger partial charge in [-0.15, -0.1) is 6.58 Å². The van der Waals surface area contributed by atoms with Gasteiger partial charge in [0.1, 0.15) is 6.29 Å². The predicted molar refractivity (Wildman–Crippen MR) is 90.1 cm³/mol. The van der Waals surface area contributed by atoms with Gasteiger partial charge in [-0.1, -0.05) is 90.0 Å². The summed E-state index contributed by atoms with van der Waals surface area (Å²) in [4.78, 5) is 10.8. The van der Waals surface area contributed by atoms with Crippen molar-refractivity contribution in [3.8, 4) is 0 Å². The standard InChI is InChI=1S/C19H36O/c1-3-5-6-7-8-9-10-11-12-13-14-15-17-19(18-20)16-4-2/h4,18-19H,2-3,5-17H2,1H3. The summed E-state index contributed by atoms with van der Waals surface area (Å²) in [5.74, 6) is 0.218. The lowest BCUT2D eigenvalue weighted by Gasteiger charge is -2.07. The molecule has 0 aliphatic carbocycles. The number of aldehydes is 1. The molecule has 0 aromatic carbocycles. The van der Waals surface area contributed by atoms with Gasteiger partial charge in [0.25, 0.3) is 0 Å². The first-order valence-electron chi connectivity index (χ1n) is 8.91. The summed E-state index contributed by atoms with van der Waals surface area (Å²) >= 11 is 0. The third-order valence-electron chi connectivity index (χ3n) is 4.09. The first-order valence-corrected chi connectivity index (χ1v) is 8.91. The van der Waals surface area contributed by atoms with Crippen molar-refractivity contribution in [3.05, 3.63) is 12.7 Å². The van der Waals surface area contributed by atoms with Crippen LogP contribution in [-0.4, -0.2) is 6.29 Å². The maximum absolute atomic E-state index is 10.8. The van der Waals surface area contributed by atoms with E-state index >= 15 is 0 Å². The molecule has 0 amide bonds. The highest BCUT2D eigenvalue weighted by Gasteiger charge is 2.03. The fourth-order valence-electron chi connectivity index (χ4n) is 2.70. The number of rotatable bonds is 16. The second-order valence-corrected chi connectivity index (χ2v) is 6.10. The van der Waals surface area contributed by atoms with E-state index in [2.05, 4.69) is 13.5 Å². The second-order valence-electron chi connectivity index (χ2n) is 6.10. The Morgan fingerprint density at radius 2 is 1.25 bits per heavy atom. The maximum atomic E-state index is 10.8. The molecule has 0 spiro atoms. The van der Waals surface area contributed by atoms with E-state index in [4.69, 9.17) is 0 Å². The van der Waals surface area contributed by atoms with Crippen LogP contribution in [0.25, 0.3) is 0 Å². The van der Waals surface area contributed by atoms with Crippen LogP contribution in [0.15, 0.2) is 12.7 Å². The van der Waals surface area contributed by atoms with Crippen LogP contribution >= 0.6 is 0 Å². The number of allylic oxidation sites excluding steroid dienone is 1. The molecule has 0 rings (SSSR count). The summed E-state index contributed by atoms with van der Waals surface area (Å²) in [5.41, 5.74) is 0. The van der Waals surface area contributed by atoms with Crippen molar-refractivity contribution in [2.75, 3.05) is 0 Å². The van der Waals surface area contributed by atoms with Gasteiger partial charge in [-0.3, -0.25) is 0 Å². The molecule has 0 N–H and O–H groups in total. The maximum Gasteiger partial charge on any atom is 0.123 e. The van der Waals surface area contributed by atoms with Gasteiger partial charge in [-0.25, -0.2) is 0 Å². The van der Waals surface area contributed by atoms with E-state index in [0.29, 0.717) is 0 Å². The Morgan fingerprint density at radius 3 is 1.65 bits per heavy atom. The van der Waals surface area contributed by atoms with Crippen LogP contribution < -0.4 is 0 Å². The van der Waals surface area contributed by atoms with Crippen molar-refractivity contribution in [3.63, 3.8) is 0 Å². The zero-order valence-corrected chi connectivity index (χ0v) is 13.7. The van der Waals surface area contributed by atoms with E-state index < -0.39 is 0 Å². The molecule has 0 aromatic rings. The van der Waals surface area contributed by atoms with Crippen molar-refractivity contribution < 1.29 is 4.79 Å². The van der Waals surface area contributed by atoms with Crippen LogP contribution in [0.1, 0.15) is 96.8 Å². The van der Waals surface area contributed by atoms with Crippen LogP contribution in [0.3, 0.4) is 0 Å². The molecule has 0 fully saturated rings. The van der Waals surface area contributed by atoms with E-state index in [9.17, 15) is 4.79 Å². The van der Waals surface area contributed by atoms with Crippen LogP contribution in [-0.2, 0) is 4.79 Å². The lowest BCUT2D eigenvalue weighted by atomic mass is 9.98. The summed E-state index contributed by atoms with van der Waals surface area (Å²) in [6.07, 6.45) is 21.4. The fourth-order valence-corrected chi connectivity index (χ4v) is 2.70. The lowest BCUT2D eigenvalue weighted by molar-refractivity contribution is -0.111. The minimum Gasteiger partial charge on any atom is -0.303 e. The molecule has 0 radical (unpaired) electrons. The van der Waals surface area contributed by atoms with E-state index in [-0.39, 0.29) is 5.92 Å². The molecule has 0 heterocycles. The normalized spacial score (nSPS) is 12.2. The van der Waals surface area contributed by atoms with Gasteiger partial charge >= 0.3 is 0 Å². The summed E-state index contributed by atoms with van der Waals surface area (Å²) in [6.45, 7) is 5.97. The zero-order valence-electron chi connectivity index (χ0n) is 13.7. The highest BCUT2D eigenvalue weighted by Crippen LogP contribution is 2.15. The zero-order chi connectivity index (χ0) is 14.9. The van der Waals surface area contributed by atoms with Crippen LogP contribution in [0.5, 0.6) is 0 Å². The van der Waals surface area contributed by atoms with Gasteiger partial charge in [-0.2, -0.15) is 0 Å². The fraction of sp³-hybridized carbons (Fsp3) is 0.842. The van der Waals surface area contributed by atoms with Crippen molar-refractivity contribution in [1.82, 2.24) is 0 Å². The first kappa shape index (κ1) is 19.4. The number of hydrogen-bond acceptors (Lipinski definition) is 1. The SMILES string of the molecule is C=CCC(C=O)CCCCCCCCCCCCCC. The Kier molecular flexibility index (Phi) is 16.0. The summed E-state index contributed by atoms with van der Waals surface area (Å²) < 4.78 is 0. The molecule has 0 aliphatic rings. The molecule has 0 aromatic heterocycles. The molecule has 20 heavy (non-hydrogen) atoms. The molecule has 1 heteroatoms. The van der Waals surface area contributed by atoms with Crippen molar-refractivity contribution in [1.29, 1.82) is 0 Å². The molecule has 1 unspecified atom stereocenters. The number of hydrogen-bond donors (Lipinski definition) is 0. The number of carbonyl (C=O) groups excluding carboxylic acids is 1. The Bertz CT molecular complexity index is 210. The van der Waals surface area contributed by atoms with Gasteiger partial charge in [-0.05, 0) is 12.8 Å². The van der Waals surface area contributed by atoms with E-state index in [1.807, 2.05) is 6.08 Å². The summed E-state index contributed by atoms with van der Waals surface area (Å²) in [5, 5.41) is 0. The van der Waals surface area contributed by atoms with Gasteiger partial charge in [0, 0.05) is 5.92 Å². The molecular weight excluding hydrogens is 244 g/mol. The molecule has 1 atom stereocenters. The van der Waals surface area contributed by atoms with E-state index in [0.717, 1.165) is 19.1 Å². The molecule has 0 aliphatic heterocycles. The van der Waals surface area contributed by atoms with Crippen molar-refractivity contribution in [2.24, 2.45) is 5.92 Å². The minimum atomic E-state index is 0.218. The summed E-state index contributed by atoms with van der Waals surface area (Å²) in [6, 6.07) is 0. The second kappa shape index (κ2) is 16.5. The molecule has 0 saturated carbocycles. The number of unbranched alkanes of at least 4 members (excludes halogenated alkanes) is 11. The highest BCUT2D eigenvalue weighted by atomic mass is 16.1. The highest BCUT2D eigenvalue weighted by molar-refractivity contribution is 5.53. The monoisotopic (exact) mass is 280 g/mol. The summed E-state index contributed by atoms with van der Waals surface area (Å²) in [7, 11) is 0. The largest absolute Gasteiger partial charge is 0.303 e. The smallest absolute Gasteiger partial charge is 0.123 e. The molecular formula is C19H36O. The van der Waals surface area contributed by atoms with Gasteiger partial charge in [0.2, 0.25) is 0 Å². The molecule has 0 bridgehead atoms. The quantitative estimate of drug-likeness (QED) is 0.180. The molecule has 118 valence electrons. The Hall–Kier alpha value is -0.590. The van der Waals surface area contributed by atoms with Crippen molar-refractivity contribution in [2.45, 2.75) is 96.8 Å². The first-order chi connectivity index (χ1) is 9.85. The molecule has 1 nitrogen and oxygen atoms in total. The topological polar surface area (TPSA) is 17.1 Å². The molecule has 0 saturated heterocycles. The lowest BCUT2D eigenvalue weighted by Crippen LogP contribution is -2.00. The van der Waals surface area contributed by atoms with Crippen LogP contribution in [0, 0.1) is 5.92 Å². The average molecular weight is 280 g/mol. The third kappa shape index (κ3) is 13.8.